The molecule has 10 heteroatoms. The van der Waals surface area contributed by atoms with E-state index in [1.54, 1.807) is 21.6 Å². The lowest BCUT2D eigenvalue weighted by Gasteiger charge is -2.22. The minimum absolute atomic E-state index is 0.103. The van der Waals surface area contributed by atoms with Crippen LogP contribution >= 0.6 is 21.6 Å². The zero-order valence-corrected chi connectivity index (χ0v) is 26.0. The third-order valence-corrected chi connectivity index (χ3v) is 8.05. The minimum atomic E-state index is -0.146. The summed E-state index contributed by atoms with van der Waals surface area (Å²) in [6, 6.07) is 7.85. The molecule has 0 heterocycles. The molecule has 1 rings (SSSR count). The molecule has 0 aromatic heterocycles. The predicted molar refractivity (Wildman–Crippen MR) is 160 cm³/mol. The molecule has 1 aromatic carbocycles. The number of benzene rings is 1. The Labute approximate surface area is 238 Å². The molecule has 0 bridgehead atoms. The van der Waals surface area contributed by atoms with E-state index in [1.807, 2.05) is 24.3 Å². The molecule has 1 unspecified atom stereocenters. The standard InChI is InChI=1S/C28H50N2O6S2/c1-22(2)20-34-17-18-35-27(37-38-28(5,6)7)21-36-25-10-8-9-24(19-25)30-26(31)11-13-32-15-16-33-14-12-29-23(3)4/h8-10,19,22-23,27,29H,11-18,20-21H2,1-7H3,(H,30,31). The topological polar surface area (TPSA) is 87.3 Å². The number of carbonyl (C=O) groups excluding carboxylic acids is 1. The van der Waals surface area contributed by atoms with Gasteiger partial charge in [-0.25, -0.2) is 0 Å². The maximum Gasteiger partial charge on any atom is 0.226 e. The van der Waals surface area contributed by atoms with Crippen LogP contribution in [0.5, 0.6) is 5.75 Å². The molecule has 0 saturated heterocycles. The first-order valence-corrected chi connectivity index (χ1v) is 15.7. The quantitative estimate of drug-likeness (QED) is 0.104. The fraction of sp³-hybridized carbons (Fsp3) is 0.750. The highest BCUT2D eigenvalue weighted by Crippen LogP contribution is 2.38. The summed E-state index contributed by atoms with van der Waals surface area (Å²) in [6.45, 7) is 20.0. The van der Waals surface area contributed by atoms with Crippen molar-refractivity contribution in [1.29, 1.82) is 0 Å². The van der Waals surface area contributed by atoms with Crippen LogP contribution in [0.15, 0.2) is 24.3 Å². The molecule has 0 spiro atoms. The highest BCUT2D eigenvalue weighted by molar-refractivity contribution is 8.77. The van der Waals surface area contributed by atoms with E-state index in [1.165, 1.54) is 0 Å². The van der Waals surface area contributed by atoms with Gasteiger partial charge in [-0.2, -0.15) is 0 Å². The summed E-state index contributed by atoms with van der Waals surface area (Å²) in [5.41, 5.74) is 0.539. The van der Waals surface area contributed by atoms with Gasteiger partial charge in [0.1, 0.15) is 17.8 Å². The molecular formula is C28H50N2O6S2. The molecule has 0 fully saturated rings. The zero-order valence-electron chi connectivity index (χ0n) is 24.4. The van der Waals surface area contributed by atoms with Crippen LogP contribution in [0.4, 0.5) is 5.69 Å². The van der Waals surface area contributed by atoms with Gasteiger partial charge in [0.05, 0.1) is 46.1 Å². The first-order chi connectivity index (χ1) is 18.0. The van der Waals surface area contributed by atoms with E-state index in [0.717, 1.165) is 13.2 Å². The van der Waals surface area contributed by atoms with Crippen LogP contribution in [0.25, 0.3) is 0 Å². The van der Waals surface area contributed by atoms with Crippen molar-refractivity contribution < 1.29 is 28.5 Å². The average Bonchev–Trinajstić information content (AvgIpc) is 2.83. The van der Waals surface area contributed by atoms with Crippen molar-refractivity contribution in [2.24, 2.45) is 5.92 Å². The molecule has 2 N–H and O–H groups in total. The summed E-state index contributed by atoms with van der Waals surface area (Å²) < 4.78 is 28.8. The van der Waals surface area contributed by atoms with Crippen molar-refractivity contribution >= 4 is 33.2 Å². The smallest absolute Gasteiger partial charge is 0.226 e. The van der Waals surface area contributed by atoms with Gasteiger partial charge in [-0.15, -0.1) is 0 Å². The third-order valence-electron chi connectivity index (χ3n) is 4.54. The minimum Gasteiger partial charge on any atom is -0.490 e. The van der Waals surface area contributed by atoms with E-state index < -0.39 is 0 Å². The zero-order chi connectivity index (χ0) is 28.2. The SMILES string of the molecule is CC(C)COCCOC(COc1cccc(NC(=O)CCOCCOCCNC(C)C)c1)SSC(C)(C)C. The van der Waals surface area contributed by atoms with Gasteiger partial charge in [0, 0.05) is 35.7 Å². The number of hydrogen-bond donors (Lipinski definition) is 2. The summed E-state index contributed by atoms with van der Waals surface area (Å²) in [7, 11) is 3.43. The lowest BCUT2D eigenvalue weighted by atomic mass is 10.2. The number of nitrogens with one attached hydrogen (secondary N) is 2. The van der Waals surface area contributed by atoms with Crippen molar-refractivity contribution in [3.05, 3.63) is 24.3 Å². The Morgan fingerprint density at radius 2 is 1.63 bits per heavy atom. The van der Waals surface area contributed by atoms with E-state index >= 15 is 0 Å². The van der Waals surface area contributed by atoms with Gasteiger partial charge >= 0.3 is 0 Å². The van der Waals surface area contributed by atoms with Crippen molar-refractivity contribution in [2.45, 2.75) is 71.1 Å². The monoisotopic (exact) mass is 574 g/mol. The van der Waals surface area contributed by atoms with Crippen LogP contribution in [0, 0.1) is 5.92 Å². The van der Waals surface area contributed by atoms with Crippen LogP contribution in [-0.4, -0.2) is 81.5 Å². The molecule has 0 aliphatic rings. The fourth-order valence-electron chi connectivity index (χ4n) is 2.82. The maximum absolute atomic E-state index is 12.3. The second kappa shape index (κ2) is 20.8. The molecule has 38 heavy (non-hydrogen) atoms. The molecule has 0 radical (unpaired) electrons. The highest BCUT2D eigenvalue weighted by atomic mass is 33.1. The molecule has 0 aliphatic carbocycles. The van der Waals surface area contributed by atoms with Crippen LogP contribution in [0.2, 0.25) is 0 Å². The molecule has 1 amide bonds. The second-order valence-corrected chi connectivity index (χ2v) is 13.7. The largest absolute Gasteiger partial charge is 0.490 e. The predicted octanol–water partition coefficient (Wildman–Crippen LogP) is 5.62. The normalized spacial score (nSPS) is 12.8. The van der Waals surface area contributed by atoms with Gasteiger partial charge < -0.3 is 34.3 Å². The molecular weight excluding hydrogens is 524 g/mol. The Kier molecular flexibility index (Phi) is 19.2. The van der Waals surface area contributed by atoms with E-state index in [-0.39, 0.29) is 22.5 Å². The van der Waals surface area contributed by atoms with Crippen LogP contribution in [0.1, 0.15) is 54.9 Å². The summed E-state index contributed by atoms with van der Waals surface area (Å²) in [4.78, 5) is 12.3. The Bertz CT molecular complexity index is 746. The third kappa shape index (κ3) is 20.9. The van der Waals surface area contributed by atoms with Crippen molar-refractivity contribution in [2.75, 3.05) is 64.7 Å². The molecule has 220 valence electrons. The lowest BCUT2D eigenvalue weighted by molar-refractivity contribution is -0.117. The van der Waals surface area contributed by atoms with E-state index in [9.17, 15) is 4.79 Å². The number of carbonyl (C=O) groups is 1. The molecule has 0 saturated carbocycles. The van der Waals surface area contributed by atoms with Crippen LogP contribution < -0.4 is 15.4 Å². The lowest BCUT2D eigenvalue weighted by Crippen LogP contribution is -2.27. The van der Waals surface area contributed by atoms with E-state index in [4.69, 9.17) is 23.7 Å². The van der Waals surface area contributed by atoms with Gasteiger partial charge in [-0.1, -0.05) is 76.1 Å². The first-order valence-electron chi connectivity index (χ1n) is 13.5. The highest BCUT2D eigenvalue weighted by Gasteiger charge is 2.18. The number of ether oxygens (including phenoxy) is 5. The average molecular weight is 575 g/mol. The number of amides is 1. The fourth-order valence-corrected chi connectivity index (χ4v) is 5.01. The van der Waals surface area contributed by atoms with E-state index in [0.29, 0.717) is 69.6 Å². The first kappa shape index (κ1) is 35.0. The summed E-state index contributed by atoms with van der Waals surface area (Å²) >= 11 is 0. The van der Waals surface area contributed by atoms with Crippen molar-refractivity contribution in [1.82, 2.24) is 5.32 Å². The Hall–Kier alpha value is -1.01. The van der Waals surface area contributed by atoms with Gasteiger partial charge in [-0.05, 0) is 18.1 Å². The summed E-state index contributed by atoms with van der Waals surface area (Å²) in [6.07, 6.45) is 0.273. The Balaban J connectivity index is 2.37. The molecule has 8 nitrogen and oxygen atoms in total. The van der Waals surface area contributed by atoms with Crippen LogP contribution in [-0.2, 0) is 23.7 Å². The molecule has 0 aliphatic heterocycles. The van der Waals surface area contributed by atoms with Crippen molar-refractivity contribution in [3.8, 4) is 5.75 Å². The Morgan fingerprint density at radius 1 is 0.921 bits per heavy atom. The molecule has 1 aromatic rings. The van der Waals surface area contributed by atoms with Gasteiger partial charge in [0.15, 0.2) is 0 Å². The second-order valence-electron chi connectivity index (χ2n) is 10.5. The maximum atomic E-state index is 12.3. The van der Waals surface area contributed by atoms with Gasteiger partial charge in [0.25, 0.3) is 0 Å². The summed E-state index contributed by atoms with van der Waals surface area (Å²) in [5, 5.41) is 6.19. The Morgan fingerprint density at radius 3 is 2.32 bits per heavy atom. The molecule has 1 atom stereocenters. The number of hydrogen-bond acceptors (Lipinski definition) is 9. The number of rotatable bonds is 22. The van der Waals surface area contributed by atoms with Crippen LogP contribution in [0.3, 0.4) is 0 Å². The van der Waals surface area contributed by atoms with Crippen molar-refractivity contribution in [3.63, 3.8) is 0 Å². The number of anilines is 1. The van der Waals surface area contributed by atoms with E-state index in [2.05, 4.69) is 59.1 Å². The van der Waals surface area contributed by atoms with Gasteiger partial charge in [0.2, 0.25) is 5.91 Å². The summed E-state index contributed by atoms with van der Waals surface area (Å²) in [5.74, 6) is 1.07. The van der Waals surface area contributed by atoms with Gasteiger partial charge in [-0.3, -0.25) is 4.79 Å².